The van der Waals surface area contributed by atoms with Gasteiger partial charge in [0.15, 0.2) is 11.5 Å². The number of rotatable bonds is 3. The quantitative estimate of drug-likeness (QED) is 0.909. The highest BCUT2D eigenvalue weighted by atomic mass is 19.4. The van der Waals surface area contributed by atoms with Gasteiger partial charge in [-0.1, -0.05) is 18.2 Å². The number of carbonyl (C=O) groups excluding carboxylic acids is 1. The molecule has 0 saturated heterocycles. The highest BCUT2D eigenvalue weighted by Gasteiger charge is 2.45. The lowest BCUT2D eigenvalue weighted by Crippen LogP contribution is -2.28. The predicted molar refractivity (Wildman–Crippen MR) is 76.5 cm³/mol. The summed E-state index contributed by atoms with van der Waals surface area (Å²) in [6.45, 7) is 0. The van der Waals surface area contributed by atoms with Crippen LogP contribution in [0.5, 0.6) is 0 Å². The Bertz CT molecular complexity index is 747. The molecule has 0 bridgehead atoms. The van der Waals surface area contributed by atoms with Crippen molar-refractivity contribution in [3.63, 3.8) is 0 Å². The summed E-state index contributed by atoms with van der Waals surface area (Å²) in [5, 5.41) is 2.65. The molecule has 1 saturated carbocycles. The van der Waals surface area contributed by atoms with Gasteiger partial charge in [0.25, 0.3) is 5.91 Å². The molecule has 23 heavy (non-hydrogen) atoms. The fraction of sp³-hybridized carbons (Fsp3) is 0.267. The van der Waals surface area contributed by atoms with Gasteiger partial charge in [-0.2, -0.15) is 13.2 Å². The van der Waals surface area contributed by atoms with Gasteiger partial charge in [-0.15, -0.1) is 0 Å². The maximum absolute atomic E-state index is 13.0. The van der Waals surface area contributed by atoms with Crippen molar-refractivity contribution in [2.24, 2.45) is 0 Å². The van der Waals surface area contributed by atoms with E-state index >= 15 is 0 Å². The van der Waals surface area contributed by atoms with Gasteiger partial charge in [-0.05, 0) is 18.1 Å². The molecule has 3 N–H and O–H groups in total. The molecule has 2 aromatic rings. The van der Waals surface area contributed by atoms with Gasteiger partial charge in [0.1, 0.15) is 0 Å². The van der Waals surface area contributed by atoms with Crippen LogP contribution in [0.2, 0.25) is 0 Å². The number of alkyl halides is 3. The number of benzene rings is 1. The fourth-order valence-electron chi connectivity index (χ4n) is 2.54. The molecule has 3 rings (SSSR count). The van der Waals surface area contributed by atoms with E-state index in [0.717, 1.165) is 6.07 Å². The van der Waals surface area contributed by atoms with Crippen molar-refractivity contribution in [2.75, 3.05) is 5.73 Å². The molecule has 0 unspecified atom stereocenters. The van der Waals surface area contributed by atoms with E-state index in [2.05, 4.69) is 15.3 Å². The van der Waals surface area contributed by atoms with Crippen LogP contribution in [0.4, 0.5) is 19.0 Å². The van der Waals surface area contributed by atoms with Crippen LogP contribution in [0.3, 0.4) is 0 Å². The highest BCUT2D eigenvalue weighted by molar-refractivity contribution is 5.96. The van der Waals surface area contributed by atoms with Crippen LogP contribution in [0, 0.1) is 0 Å². The van der Waals surface area contributed by atoms with E-state index in [-0.39, 0.29) is 29.0 Å². The number of hydrogen-bond donors (Lipinski definition) is 2. The Labute approximate surface area is 129 Å². The summed E-state index contributed by atoms with van der Waals surface area (Å²) in [6, 6.07) is 5.03. The molecular formula is C15H13F3N4O. The van der Waals surface area contributed by atoms with Crippen LogP contribution in [-0.4, -0.2) is 21.9 Å². The van der Waals surface area contributed by atoms with Crippen LogP contribution in [0.25, 0.3) is 0 Å². The molecular weight excluding hydrogens is 309 g/mol. The second-order valence-corrected chi connectivity index (χ2v) is 5.30. The van der Waals surface area contributed by atoms with E-state index in [1.54, 1.807) is 6.07 Å². The number of nitrogens with zero attached hydrogens (tertiary/aromatic N) is 2. The number of amides is 1. The highest BCUT2D eigenvalue weighted by Crippen LogP contribution is 2.46. The standard InChI is InChI=1S/C15H13F3N4O/c16-15(17,18)10-4-2-1-3-8(10)9-7-11(9)22-14(23)12-13(19)21-6-5-20-12/h1-6,9,11H,7H2,(H2,19,21)(H,22,23)/t9-,11-/m1/s1. The maximum atomic E-state index is 13.0. The van der Waals surface area contributed by atoms with Crippen LogP contribution < -0.4 is 11.1 Å². The smallest absolute Gasteiger partial charge is 0.382 e. The molecule has 1 heterocycles. The lowest BCUT2D eigenvalue weighted by Gasteiger charge is -2.12. The van der Waals surface area contributed by atoms with E-state index in [4.69, 9.17) is 5.73 Å². The van der Waals surface area contributed by atoms with Gasteiger partial charge in [-0.25, -0.2) is 9.97 Å². The minimum Gasteiger partial charge on any atom is -0.382 e. The average Bonchev–Trinajstić information content (AvgIpc) is 3.26. The van der Waals surface area contributed by atoms with Gasteiger partial charge in [0.05, 0.1) is 5.56 Å². The van der Waals surface area contributed by atoms with E-state index < -0.39 is 17.6 Å². The second kappa shape index (κ2) is 5.53. The fourth-order valence-corrected chi connectivity index (χ4v) is 2.54. The molecule has 0 radical (unpaired) electrons. The normalized spacial score (nSPS) is 20.1. The van der Waals surface area contributed by atoms with Gasteiger partial charge >= 0.3 is 6.18 Å². The first-order valence-electron chi connectivity index (χ1n) is 6.91. The number of hydrogen-bond acceptors (Lipinski definition) is 4. The zero-order valence-electron chi connectivity index (χ0n) is 11.8. The third kappa shape index (κ3) is 3.10. The first-order chi connectivity index (χ1) is 10.9. The van der Waals surface area contributed by atoms with Crippen molar-refractivity contribution >= 4 is 11.7 Å². The number of anilines is 1. The Balaban J connectivity index is 1.74. The lowest BCUT2D eigenvalue weighted by atomic mass is 10.0. The lowest BCUT2D eigenvalue weighted by molar-refractivity contribution is -0.138. The molecule has 1 aromatic heterocycles. The first-order valence-corrected chi connectivity index (χ1v) is 6.91. The van der Waals surface area contributed by atoms with E-state index in [9.17, 15) is 18.0 Å². The summed E-state index contributed by atoms with van der Waals surface area (Å²) in [5.41, 5.74) is 5.06. The van der Waals surface area contributed by atoms with Crippen molar-refractivity contribution < 1.29 is 18.0 Å². The Hall–Kier alpha value is -2.64. The molecule has 1 aliphatic carbocycles. The Morgan fingerprint density at radius 3 is 2.61 bits per heavy atom. The first kappa shape index (κ1) is 15.3. The zero-order chi connectivity index (χ0) is 16.6. The molecule has 1 aliphatic rings. The molecule has 8 heteroatoms. The Kier molecular flexibility index (Phi) is 3.67. The van der Waals surface area contributed by atoms with E-state index in [1.807, 2.05) is 0 Å². The van der Waals surface area contributed by atoms with Crippen molar-refractivity contribution in [3.8, 4) is 0 Å². The van der Waals surface area contributed by atoms with E-state index in [0.29, 0.717) is 6.42 Å². The second-order valence-electron chi connectivity index (χ2n) is 5.30. The summed E-state index contributed by atoms with van der Waals surface area (Å²) in [7, 11) is 0. The molecule has 5 nitrogen and oxygen atoms in total. The third-order valence-electron chi connectivity index (χ3n) is 3.71. The minimum absolute atomic E-state index is 0.0158. The summed E-state index contributed by atoms with van der Waals surface area (Å²) >= 11 is 0. The summed E-state index contributed by atoms with van der Waals surface area (Å²) in [4.78, 5) is 19.7. The van der Waals surface area contributed by atoms with Crippen molar-refractivity contribution in [1.29, 1.82) is 0 Å². The van der Waals surface area contributed by atoms with Gasteiger partial charge in [0.2, 0.25) is 0 Å². The summed E-state index contributed by atoms with van der Waals surface area (Å²) in [6.07, 6.45) is -1.29. The largest absolute Gasteiger partial charge is 0.416 e. The molecule has 2 atom stereocenters. The molecule has 0 spiro atoms. The number of carbonyl (C=O) groups is 1. The number of nitrogens with two attached hydrogens (primary N) is 1. The summed E-state index contributed by atoms with van der Waals surface area (Å²) in [5.74, 6) is -0.917. The van der Waals surface area contributed by atoms with Crippen LogP contribution in [-0.2, 0) is 6.18 Å². The van der Waals surface area contributed by atoms with Crippen LogP contribution >= 0.6 is 0 Å². The molecule has 1 fully saturated rings. The van der Waals surface area contributed by atoms with Crippen LogP contribution in [0.15, 0.2) is 36.7 Å². The number of nitrogens with one attached hydrogen (secondary N) is 1. The third-order valence-corrected chi connectivity index (χ3v) is 3.71. The number of aromatic nitrogens is 2. The van der Waals surface area contributed by atoms with Crippen molar-refractivity contribution in [2.45, 2.75) is 24.6 Å². The SMILES string of the molecule is Nc1nccnc1C(=O)N[C@@H]1C[C@@H]1c1ccccc1C(F)(F)F. The molecule has 1 amide bonds. The van der Waals surface area contributed by atoms with Gasteiger partial charge < -0.3 is 11.1 Å². The van der Waals surface area contributed by atoms with Gasteiger partial charge in [0, 0.05) is 24.4 Å². The van der Waals surface area contributed by atoms with E-state index in [1.165, 1.54) is 24.5 Å². The monoisotopic (exact) mass is 322 g/mol. The van der Waals surface area contributed by atoms with Crippen molar-refractivity contribution in [1.82, 2.24) is 15.3 Å². The predicted octanol–water partition coefficient (Wildman–Crippen LogP) is 2.36. The number of halogens is 3. The van der Waals surface area contributed by atoms with Gasteiger partial charge in [-0.3, -0.25) is 4.79 Å². The molecule has 1 aromatic carbocycles. The minimum atomic E-state index is -4.41. The Morgan fingerprint density at radius 1 is 1.22 bits per heavy atom. The average molecular weight is 322 g/mol. The Morgan fingerprint density at radius 2 is 1.91 bits per heavy atom. The summed E-state index contributed by atoms with van der Waals surface area (Å²) < 4.78 is 39.1. The molecule has 0 aliphatic heterocycles. The van der Waals surface area contributed by atoms with Crippen molar-refractivity contribution in [3.05, 3.63) is 53.5 Å². The number of nitrogen functional groups attached to an aromatic ring is 1. The molecule has 120 valence electrons. The van der Waals surface area contributed by atoms with Crippen LogP contribution in [0.1, 0.15) is 34.0 Å². The maximum Gasteiger partial charge on any atom is 0.416 e. The topological polar surface area (TPSA) is 80.9 Å². The zero-order valence-corrected chi connectivity index (χ0v) is 11.8.